The molecule has 2 N–H and O–H groups in total. The van der Waals surface area contributed by atoms with E-state index in [2.05, 4.69) is 0 Å². The summed E-state index contributed by atoms with van der Waals surface area (Å²) in [6, 6.07) is 15.0. The minimum atomic E-state index is -4.80. The van der Waals surface area contributed by atoms with E-state index < -0.39 is 53.0 Å². The molecule has 2 heterocycles. The van der Waals surface area contributed by atoms with Crippen LogP contribution in [0.5, 0.6) is 5.75 Å². The summed E-state index contributed by atoms with van der Waals surface area (Å²) in [6.07, 6.45) is -5.25. The van der Waals surface area contributed by atoms with Crippen molar-refractivity contribution in [2.75, 3.05) is 12.9 Å². The first-order valence-electron chi connectivity index (χ1n) is 12.4. The maximum absolute atomic E-state index is 15.5. The maximum atomic E-state index is 15.5. The fourth-order valence-electron chi connectivity index (χ4n) is 5.26. The molecule has 10 heteroatoms. The van der Waals surface area contributed by atoms with Crippen LogP contribution in [0.25, 0.3) is 11.1 Å². The highest BCUT2D eigenvalue weighted by molar-refractivity contribution is 7.99. The van der Waals surface area contributed by atoms with E-state index >= 15 is 4.39 Å². The number of halogens is 5. The van der Waals surface area contributed by atoms with E-state index in [9.17, 15) is 22.4 Å². The summed E-state index contributed by atoms with van der Waals surface area (Å²) in [4.78, 5) is 14.1. The largest absolute Gasteiger partial charge is 0.494 e. The quantitative estimate of drug-likeness (QED) is 0.251. The summed E-state index contributed by atoms with van der Waals surface area (Å²) in [6.45, 7) is 1.55. The van der Waals surface area contributed by atoms with Crippen LogP contribution in [0.15, 0.2) is 76.6 Å². The molecule has 0 saturated carbocycles. The van der Waals surface area contributed by atoms with Crippen LogP contribution in [-0.2, 0) is 12.6 Å². The van der Waals surface area contributed by atoms with Crippen molar-refractivity contribution in [3.05, 3.63) is 117 Å². The molecule has 0 radical (unpaired) electrons. The number of fused-ring (bicyclic) bond motifs is 1. The highest BCUT2D eigenvalue weighted by Gasteiger charge is 2.38. The predicted molar refractivity (Wildman–Crippen MR) is 145 cm³/mol. The number of hydrogen-bond acceptors (Lipinski definition) is 4. The van der Waals surface area contributed by atoms with Gasteiger partial charge in [-0.05, 0) is 41.8 Å². The van der Waals surface area contributed by atoms with Gasteiger partial charge in [0.15, 0.2) is 11.6 Å². The fraction of sp³-hybridized carbons (Fsp3) is 0.233. The molecule has 0 fully saturated rings. The minimum absolute atomic E-state index is 0.0344. The molecule has 1 aliphatic rings. The Hall–Kier alpha value is -3.63. The highest BCUT2D eigenvalue weighted by atomic mass is 32.2. The summed E-state index contributed by atoms with van der Waals surface area (Å²) in [5.74, 6) is -1.55. The lowest BCUT2D eigenvalue weighted by Crippen LogP contribution is -2.33. The van der Waals surface area contributed by atoms with Gasteiger partial charge in [-0.15, -0.1) is 11.8 Å². The topological polar surface area (TPSA) is 57.2 Å². The molecular formula is C30H25F5N2O2S. The number of alkyl halides is 3. The third-order valence-electron chi connectivity index (χ3n) is 7.29. The second kappa shape index (κ2) is 10.7. The van der Waals surface area contributed by atoms with Gasteiger partial charge in [-0.25, -0.2) is 8.78 Å². The Morgan fingerprint density at radius 1 is 1.02 bits per heavy atom. The van der Waals surface area contributed by atoms with Crippen molar-refractivity contribution in [2.45, 2.75) is 36.6 Å². The van der Waals surface area contributed by atoms with Crippen LogP contribution in [0.4, 0.5) is 22.0 Å². The molecule has 0 aliphatic carbocycles. The van der Waals surface area contributed by atoms with Crippen molar-refractivity contribution < 1.29 is 26.7 Å². The summed E-state index contributed by atoms with van der Waals surface area (Å²) in [5, 5.41) is 0.391. The summed E-state index contributed by atoms with van der Waals surface area (Å²) in [5.41, 5.74) is 5.67. The number of thioether (sulfide) groups is 1. The number of nitrogens with two attached hydrogens (primary N) is 1. The van der Waals surface area contributed by atoms with Crippen molar-refractivity contribution in [3.63, 3.8) is 0 Å². The van der Waals surface area contributed by atoms with Crippen LogP contribution in [0.1, 0.15) is 39.9 Å². The molecule has 2 atom stereocenters. The first kappa shape index (κ1) is 27.9. The highest BCUT2D eigenvalue weighted by Crippen LogP contribution is 2.44. The average Bonchev–Trinajstić information content (AvgIpc) is 3.37. The van der Waals surface area contributed by atoms with Crippen molar-refractivity contribution in [2.24, 2.45) is 5.73 Å². The van der Waals surface area contributed by atoms with Gasteiger partial charge < -0.3 is 10.5 Å². The fourth-order valence-corrected chi connectivity index (χ4v) is 6.70. The summed E-state index contributed by atoms with van der Waals surface area (Å²) < 4.78 is 78.7. The summed E-state index contributed by atoms with van der Waals surface area (Å²) >= 11 is 1.27. The predicted octanol–water partition coefficient (Wildman–Crippen LogP) is 7.07. The summed E-state index contributed by atoms with van der Waals surface area (Å²) in [7, 11) is 1.29. The van der Waals surface area contributed by atoms with Crippen molar-refractivity contribution in [1.82, 2.24) is 4.57 Å². The standard InChI is InChI=1S/C30H25F5N2O2S/c1-16-19(14-20-21(30(33,34)35)11-7-12-22(20)31)29-37(23(15-40-29)27(36)17-8-4-3-5-9-17)28(38)25(16)18-10-6-13-24(39-2)26(18)32/h3-13,23,27H,14-15,36H2,1-2H3. The second-order valence-corrected chi connectivity index (χ2v) is 10.5. The van der Waals surface area contributed by atoms with Crippen LogP contribution >= 0.6 is 11.8 Å². The smallest absolute Gasteiger partial charge is 0.416 e. The van der Waals surface area contributed by atoms with Gasteiger partial charge >= 0.3 is 6.18 Å². The van der Waals surface area contributed by atoms with Gasteiger partial charge in [0, 0.05) is 23.3 Å². The maximum Gasteiger partial charge on any atom is 0.416 e. The Morgan fingerprint density at radius 3 is 2.40 bits per heavy atom. The minimum Gasteiger partial charge on any atom is -0.494 e. The second-order valence-electron chi connectivity index (χ2n) is 9.54. The van der Waals surface area contributed by atoms with Crippen molar-refractivity contribution in [3.8, 4) is 16.9 Å². The monoisotopic (exact) mass is 572 g/mol. The van der Waals surface area contributed by atoms with Gasteiger partial charge in [0.05, 0.1) is 35.3 Å². The van der Waals surface area contributed by atoms with Gasteiger partial charge in [0.25, 0.3) is 5.56 Å². The number of ether oxygens (including phenoxy) is 1. The SMILES string of the molecule is COc1cccc(-c2c(C)c(Cc3c(F)cccc3C(F)(F)F)c3n(c2=O)C(C(N)c2ccccc2)CS3)c1F. The molecule has 2 unspecified atom stereocenters. The van der Waals surface area contributed by atoms with E-state index in [1.54, 1.807) is 6.92 Å². The Labute approximate surface area is 231 Å². The molecule has 1 aliphatic heterocycles. The lowest BCUT2D eigenvalue weighted by Gasteiger charge is -2.25. The van der Waals surface area contributed by atoms with E-state index in [1.165, 1.54) is 41.6 Å². The average molecular weight is 573 g/mol. The number of rotatable bonds is 6. The molecule has 208 valence electrons. The number of pyridine rings is 1. The lowest BCUT2D eigenvalue weighted by atomic mass is 9.91. The molecular weight excluding hydrogens is 547 g/mol. The first-order valence-corrected chi connectivity index (χ1v) is 13.4. The van der Waals surface area contributed by atoms with E-state index in [0.717, 1.165) is 23.8 Å². The molecule has 5 rings (SSSR count). The van der Waals surface area contributed by atoms with Crippen molar-refractivity contribution >= 4 is 11.8 Å². The van der Waals surface area contributed by atoms with E-state index in [1.807, 2.05) is 30.3 Å². The van der Waals surface area contributed by atoms with Gasteiger partial charge in [-0.1, -0.05) is 48.5 Å². The molecule has 40 heavy (non-hydrogen) atoms. The third kappa shape index (κ3) is 4.79. The number of benzene rings is 3. The molecule has 4 nitrogen and oxygen atoms in total. The van der Waals surface area contributed by atoms with Crippen LogP contribution in [0.2, 0.25) is 0 Å². The normalized spacial score (nSPS) is 15.7. The Kier molecular flexibility index (Phi) is 7.50. The number of aromatic nitrogens is 1. The Balaban J connectivity index is 1.79. The first-order chi connectivity index (χ1) is 19.0. The molecule has 0 bridgehead atoms. The zero-order valence-electron chi connectivity index (χ0n) is 21.6. The lowest BCUT2D eigenvalue weighted by molar-refractivity contribution is -0.138. The van der Waals surface area contributed by atoms with Crippen LogP contribution in [0, 0.1) is 18.6 Å². The molecule has 3 aromatic carbocycles. The number of nitrogens with zero attached hydrogens (tertiary/aromatic N) is 1. The van der Waals surface area contributed by atoms with E-state index in [-0.39, 0.29) is 22.4 Å². The molecule has 0 saturated heterocycles. The molecule has 0 amide bonds. The molecule has 0 spiro atoms. The number of hydrogen-bond donors (Lipinski definition) is 1. The van der Waals surface area contributed by atoms with E-state index in [4.69, 9.17) is 10.5 Å². The Morgan fingerprint density at radius 2 is 1.73 bits per heavy atom. The molecule has 1 aromatic heterocycles. The van der Waals surface area contributed by atoms with E-state index in [0.29, 0.717) is 16.3 Å². The molecule has 4 aromatic rings. The van der Waals surface area contributed by atoms with Gasteiger partial charge in [0.1, 0.15) is 5.82 Å². The Bertz CT molecular complexity index is 1640. The zero-order chi connectivity index (χ0) is 28.8. The van der Waals surface area contributed by atoms with Crippen LogP contribution in [0.3, 0.4) is 0 Å². The third-order valence-corrected chi connectivity index (χ3v) is 8.51. The van der Waals surface area contributed by atoms with Gasteiger partial charge in [0.2, 0.25) is 0 Å². The van der Waals surface area contributed by atoms with Crippen molar-refractivity contribution in [1.29, 1.82) is 0 Å². The van der Waals surface area contributed by atoms with Crippen LogP contribution < -0.4 is 16.0 Å². The zero-order valence-corrected chi connectivity index (χ0v) is 22.4. The number of methoxy groups -OCH3 is 1. The van der Waals surface area contributed by atoms with Gasteiger partial charge in [-0.3, -0.25) is 9.36 Å². The van der Waals surface area contributed by atoms with Gasteiger partial charge in [-0.2, -0.15) is 13.2 Å². The van der Waals surface area contributed by atoms with Crippen LogP contribution in [-0.4, -0.2) is 17.4 Å².